The molecule has 1 aliphatic carbocycles. The molecule has 1 aliphatic rings. The number of nitrogens with zero attached hydrogens (tertiary/aromatic N) is 3. The minimum absolute atomic E-state index is 0.739. The fraction of sp³-hybridized carbons (Fsp3) is 0.467. The van der Waals surface area contributed by atoms with Gasteiger partial charge in [-0.3, -0.25) is 4.90 Å². The van der Waals surface area contributed by atoms with Gasteiger partial charge in [0.05, 0.1) is 5.52 Å². The standard InChI is InChI=1S/C15H21N5/c1-2-20(12-4-5-12)8-7-17-15-13-9-11(16)3-6-14(13)18-10-19-15/h3,6,9-10,12H,2,4-5,7-8,16H2,1H3,(H,17,18,19). The lowest BCUT2D eigenvalue weighted by atomic mass is 10.2. The first kappa shape index (κ1) is 13.1. The number of nitrogens with one attached hydrogen (secondary N) is 1. The number of hydrogen-bond acceptors (Lipinski definition) is 5. The van der Waals surface area contributed by atoms with Crippen LogP contribution in [0.4, 0.5) is 11.5 Å². The van der Waals surface area contributed by atoms with Gasteiger partial charge in [0.1, 0.15) is 12.1 Å². The number of fused-ring (bicyclic) bond motifs is 1. The third-order valence-corrected chi connectivity index (χ3v) is 3.82. The van der Waals surface area contributed by atoms with Gasteiger partial charge in [0.25, 0.3) is 0 Å². The molecule has 0 bridgehead atoms. The molecular formula is C15H21N5. The maximum absolute atomic E-state index is 5.85. The van der Waals surface area contributed by atoms with Crippen molar-refractivity contribution in [2.45, 2.75) is 25.8 Å². The van der Waals surface area contributed by atoms with E-state index >= 15 is 0 Å². The van der Waals surface area contributed by atoms with Gasteiger partial charge >= 0.3 is 0 Å². The summed E-state index contributed by atoms with van der Waals surface area (Å²) in [5.74, 6) is 0.870. The first-order valence-corrected chi connectivity index (χ1v) is 7.26. The van der Waals surface area contributed by atoms with Crippen molar-refractivity contribution in [3.63, 3.8) is 0 Å². The summed E-state index contributed by atoms with van der Waals surface area (Å²) in [4.78, 5) is 11.1. The van der Waals surface area contributed by atoms with Crippen LogP contribution in [0.5, 0.6) is 0 Å². The van der Waals surface area contributed by atoms with E-state index in [1.807, 2.05) is 18.2 Å². The molecule has 1 saturated carbocycles. The molecule has 0 atom stereocenters. The topological polar surface area (TPSA) is 67.1 Å². The molecule has 20 heavy (non-hydrogen) atoms. The Labute approximate surface area is 119 Å². The second-order valence-corrected chi connectivity index (χ2v) is 5.29. The average Bonchev–Trinajstić information content (AvgIpc) is 3.28. The molecule has 2 aromatic rings. The molecule has 3 rings (SSSR count). The Morgan fingerprint density at radius 3 is 2.95 bits per heavy atom. The third-order valence-electron chi connectivity index (χ3n) is 3.82. The predicted molar refractivity (Wildman–Crippen MR) is 82.7 cm³/mol. The van der Waals surface area contributed by atoms with Gasteiger partial charge in [0.15, 0.2) is 0 Å². The summed E-state index contributed by atoms with van der Waals surface area (Å²) in [6.45, 7) is 5.28. The number of aromatic nitrogens is 2. The molecular weight excluding hydrogens is 250 g/mol. The van der Waals surface area contributed by atoms with Crippen LogP contribution in [0.1, 0.15) is 19.8 Å². The predicted octanol–water partition coefficient (Wildman–Crippen LogP) is 2.11. The van der Waals surface area contributed by atoms with E-state index in [2.05, 4.69) is 27.1 Å². The number of nitrogens with two attached hydrogens (primary N) is 1. The molecule has 0 spiro atoms. The Morgan fingerprint density at radius 1 is 1.35 bits per heavy atom. The highest BCUT2D eigenvalue weighted by atomic mass is 15.2. The summed E-state index contributed by atoms with van der Waals surface area (Å²) in [5, 5.41) is 4.40. The van der Waals surface area contributed by atoms with Crippen molar-refractivity contribution in [2.24, 2.45) is 0 Å². The summed E-state index contributed by atoms with van der Waals surface area (Å²) in [6, 6.07) is 6.53. The molecule has 1 aromatic carbocycles. The fourth-order valence-electron chi connectivity index (χ4n) is 2.57. The molecule has 5 nitrogen and oxygen atoms in total. The number of benzene rings is 1. The molecule has 0 radical (unpaired) electrons. The fourth-order valence-corrected chi connectivity index (χ4v) is 2.57. The van der Waals surface area contributed by atoms with E-state index in [9.17, 15) is 0 Å². The van der Waals surface area contributed by atoms with Crippen LogP contribution in [0.15, 0.2) is 24.5 Å². The van der Waals surface area contributed by atoms with Gasteiger partial charge < -0.3 is 11.1 Å². The normalized spacial score (nSPS) is 14.9. The van der Waals surface area contributed by atoms with Crippen LogP contribution >= 0.6 is 0 Å². The summed E-state index contributed by atoms with van der Waals surface area (Å²) in [7, 11) is 0. The minimum atomic E-state index is 0.739. The van der Waals surface area contributed by atoms with Crippen LogP contribution in [0, 0.1) is 0 Å². The molecule has 1 aromatic heterocycles. The van der Waals surface area contributed by atoms with Crippen molar-refractivity contribution >= 4 is 22.4 Å². The summed E-state index contributed by atoms with van der Waals surface area (Å²) in [6.07, 6.45) is 4.29. The first-order chi connectivity index (χ1) is 9.78. The van der Waals surface area contributed by atoms with Crippen molar-refractivity contribution in [1.82, 2.24) is 14.9 Å². The molecule has 5 heteroatoms. The lowest BCUT2D eigenvalue weighted by Crippen LogP contribution is -2.31. The largest absolute Gasteiger partial charge is 0.399 e. The SMILES string of the molecule is CCN(CCNc1ncnc2ccc(N)cc12)C1CC1. The Hall–Kier alpha value is -1.88. The van der Waals surface area contributed by atoms with Crippen molar-refractivity contribution in [2.75, 3.05) is 30.7 Å². The van der Waals surface area contributed by atoms with E-state index in [0.29, 0.717) is 0 Å². The molecule has 0 amide bonds. The first-order valence-electron chi connectivity index (χ1n) is 7.26. The number of hydrogen-bond donors (Lipinski definition) is 2. The quantitative estimate of drug-likeness (QED) is 0.788. The highest BCUT2D eigenvalue weighted by Gasteiger charge is 2.27. The molecule has 0 unspecified atom stereocenters. The van der Waals surface area contributed by atoms with Crippen LogP contribution in [-0.4, -0.2) is 40.5 Å². The summed E-state index contributed by atoms with van der Waals surface area (Å²) in [5.41, 5.74) is 7.51. The molecule has 0 saturated heterocycles. The highest BCUT2D eigenvalue weighted by molar-refractivity contribution is 5.91. The zero-order valence-electron chi connectivity index (χ0n) is 11.8. The number of nitrogen functional groups attached to an aromatic ring is 1. The number of rotatable bonds is 6. The maximum Gasteiger partial charge on any atom is 0.137 e. The lowest BCUT2D eigenvalue weighted by molar-refractivity contribution is 0.289. The number of anilines is 2. The van der Waals surface area contributed by atoms with Crippen molar-refractivity contribution in [3.8, 4) is 0 Å². The molecule has 106 valence electrons. The van der Waals surface area contributed by atoms with Gasteiger partial charge in [0.2, 0.25) is 0 Å². The van der Waals surface area contributed by atoms with Crippen LogP contribution in [-0.2, 0) is 0 Å². The van der Waals surface area contributed by atoms with Crippen molar-refractivity contribution < 1.29 is 0 Å². The van der Waals surface area contributed by atoms with Crippen LogP contribution in [0.25, 0.3) is 10.9 Å². The zero-order chi connectivity index (χ0) is 13.9. The maximum atomic E-state index is 5.85. The van der Waals surface area contributed by atoms with E-state index in [1.165, 1.54) is 12.8 Å². The van der Waals surface area contributed by atoms with Gasteiger partial charge in [0, 0.05) is 30.2 Å². The second kappa shape index (κ2) is 5.63. The van der Waals surface area contributed by atoms with E-state index in [-0.39, 0.29) is 0 Å². The third kappa shape index (κ3) is 2.82. The van der Waals surface area contributed by atoms with Gasteiger partial charge in [-0.2, -0.15) is 0 Å². The van der Waals surface area contributed by atoms with Gasteiger partial charge in [-0.15, -0.1) is 0 Å². The van der Waals surface area contributed by atoms with E-state index in [1.54, 1.807) is 6.33 Å². The van der Waals surface area contributed by atoms with Crippen molar-refractivity contribution in [1.29, 1.82) is 0 Å². The van der Waals surface area contributed by atoms with Crippen molar-refractivity contribution in [3.05, 3.63) is 24.5 Å². The molecule has 3 N–H and O–H groups in total. The van der Waals surface area contributed by atoms with Crippen LogP contribution < -0.4 is 11.1 Å². The van der Waals surface area contributed by atoms with Crippen LogP contribution in [0.2, 0.25) is 0 Å². The average molecular weight is 271 g/mol. The van der Waals surface area contributed by atoms with Gasteiger partial charge in [-0.25, -0.2) is 9.97 Å². The smallest absolute Gasteiger partial charge is 0.137 e. The Morgan fingerprint density at radius 2 is 2.20 bits per heavy atom. The monoisotopic (exact) mass is 271 g/mol. The van der Waals surface area contributed by atoms with E-state index in [0.717, 1.165) is 48.1 Å². The summed E-state index contributed by atoms with van der Waals surface area (Å²) >= 11 is 0. The molecule has 1 heterocycles. The van der Waals surface area contributed by atoms with Gasteiger partial charge in [-0.05, 0) is 37.6 Å². The highest BCUT2D eigenvalue weighted by Crippen LogP contribution is 2.26. The minimum Gasteiger partial charge on any atom is -0.399 e. The van der Waals surface area contributed by atoms with E-state index in [4.69, 9.17) is 5.73 Å². The zero-order valence-corrected chi connectivity index (χ0v) is 11.8. The Balaban J connectivity index is 1.69. The van der Waals surface area contributed by atoms with E-state index < -0.39 is 0 Å². The lowest BCUT2D eigenvalue weighted by Gasteiger charge is -2.20. The second-order valence-electron chi connectivity index (χ2n) is 5.29. The van der Waals surface area contributed by atoms with Crippen LogP contribution in [0.3, 0.4) is 0 Å². The Kier molecular flexibility index (Phi) is 3.69. The van der Waals surface area contributed by atoms with Gasteiger partial charge in [-0.1, -0.05) is 6.92 Å². The molecule has 0 aliphatic heterocycles. The number of likely N-dealkylation sites (N-methyl/N-ethyl adjacent to an activating group) is 1. The molecule has 1 fully saturated rings. The Bertz CT molecular complexity index is 594. The summed E-state index contributed by atoms with van der Waals surface area (Å²) < 4.78 is 0.